The fraction of sp³-hybridized carbons (Fsp3) is 0.333. The standard InChI is InChI=1S/C15H16N4O3S/c20-14(21)9-11-10-23-8-7-18(11)15(22)12-3-1-4-13(17-12)19-6-2-5-16-19/h1-6,11H,7-10H2,(H,20,21). The zero-order valence-electron chi connectivity index (χ0n) is 12.3. The van der Waals surface area contributed by atoms with E-state index in [1.165, 1.54) is 0 Å². The number of nitrogens with zero attached hydrogens (tertiary/aromatic N) is 4. The maximum absolute atomic E-state index is 12.7. The number of carboxylic acids is 1. The Kier molecular flexibility index (Phi) is 4.61. The number of carbonyl (C=O) groups is 2. The van der Waals surface area contributed by atoms with Gasteiger partial charge in [-0.15, -0.1) is 0 Å². The van der Waals surface area contributed by atoms with Crippen LogP contribution < -0.4 is 0 Å². The van der Waals surface area contributed by atoms with E-state index in [9.17, 15) is 9.59 Å². The number of carbonyl (C=O) groups excluding carboxylic acids is 1. The number of thioether (sulfide) groups is 1. The van der Waals surface area contributed by atoms with Gasteiger partial charge >= 0.3 is 5.97 Å². The first-order valence-corrected chi connectivity index (χ1v) is 8.38. The van der Waals surface area contributed by atoms with Crippen LogP contribution in [0.2, 0.25) is 0 Å². The molecule has 1 aliphatic heterocycles. The summed E-state index contributed by atoms with van der Waals surface area (Å²) in [7, 11) is 0. The van der Waals surface area contributed by atoms with E-state index in [2.05, 4.69) is 10.1 Å². The molecule has 8 heteroatoms. The van der Waals surface area contributed by atoms with Gasteiger partial charge < -0.3 is 10.0 Å². The number of hydrogen-bond acceptors (Lipinski definition) is 5. The van der Waals surface area contributed by atoms with Gasteiger partial charge in [0.1, 0.15) is 5.69 Å². The van der Waals surface area contributed by atoms with E-state index >= 15 is 0 Å². The third-order valence-electron chi connectivity index (χ3n) is 3.59. The largest absolute Gasteiger partial charge is 0.481 e. The fourth-order valence-electron chi connectivity index (χ4n) is 2.51. The van der Waals surface area contributed by atoms with Crippen LogP contribution in [0.15, 0.2) is 36.7 Å². The Balaban J connectivity index is 1.84. The Morgan fingerprint density at radius 2 is 2.22 bits per heavy atom. The lowest BCUT2D eigenvalue weighted by Gasteiger charge is -2.34. The normalized spacial score (nSPS) is 17.9. The summed E-state index contributed by atoms with van der Waals surface area (Å²) < 4.78 is 1.58. The molecule has 3 heterocycles. The van der Waals surface area contributed by atoms with Crippen molar-refractivity contribution in [2.45, 2.75) is 12.5 Å². The number of hydrogen-bond donors (Lipinski definition) is 1. The summed E-state index contributed by atoms with van der Waals surface area (Å²) in [5, 5.41) is 13.1. The zero-order valence-corrected chi connectivity index (χ0v) is 13.1. The van der Waals surface area contributed by atoms with Crippen molar-refractivity contribution >= 4 is 23.6 Å². The minimum atomic E-state index is -0.895. The van der Waals surface area contributed by atoms with Crippen molar-refractivity contribution in [2.24, 2.45) is 0 Å². The van der Waals surface area contributed by atoms with E-state index in [1.807, 2.05) is 0 Å². The maximum Gasteiger partial charge on any atom is 0.305 e. The first-order chi connectivity index (χ1) is 11.1. The number of aromatic nitrogens is 3. The van der Waals surface area contributed by atoms with Crippen LogP contribution in [0.4, 0.5) is 0 Å². The second-order valence-electron chi connectivity index (χ2n) is 5.16. The molecule has 0 saturated carbocycles. The predicted molar refractivity (Wildman–Crippen MR) is 85.8 cm³/mol. The van der Waals surface area contributed by atoms with E-state index in [-0.39, 0.29) is 18.4 Å². The third-order valence-corrected chi connectivity index (χ3v) is 4.68. The van der Waals surface area contributed by atoms with Crippen molar-refractivity contribution in [1.29, 1.82) is 0 Å². The summed E-state index contributed by atoms with van der Waals surface area (Å²) in [5.41, 5.74) is 0.306. The highest BCUT2D eigenvalue weighted by atomic mass is 32.2. The molecule has 1 fully saturated rings. The van der Waals surface area contributed by atoms with Crippen LogP contribution in [0.1, 0.15) is 16.9 Å². The third kappa shape index (κ3) is 3.53. The van der Waals surface area contributed by atoms with Gasteiger partial charge in [0.2, 0.25) is 0 Å². The second-order valence-corrected chi connectivity index (χ2v) is 6.31. The number of amides is 1. The predicted octanol–water partition coefficient (Wildman–Crippen LogP) is 1.30. The van der Waals surface area contributed by atoms with Crippen molar-refractivity contribution in [1.82, 2.24) is 19.7 Å². The Labute approximate surface area is 137 Å². The molecule has 120 valence electrons. The van der Waals surface area contributed by atoms with E-state index < -0.39 is 5.97 Å². The van der Waals surface area contributed by atoms with Crippen molar-refractivity contribution in [3.8, 4) is 5.82 Å². The van der Waals surface area contributed by atoms with Crippen LogP contribution in [-0.4, -0.2) is 60.7 Å². The van der Waals surface area contributed by atoms with Crippen molar-refractivity contribution in [3.63, 3.8) is 0 Å². The SMILES string of the molecule is O=C(O)CC1CSCCN1C(=O)c1cccc(-n2cccn2)n1. The molecule has 2 aromatic heterocycles. The van der Waals surface area contributed by atoms with Crippen LogP contribution in [0.5, 0.6) is 0 Å². The maximum atomic E-state index is 12.7. The molecule has 1 unspecified atom stereocenters. The fourth-order valence-corrected chi connectivity index (χ4v) is 3.58. The van der Waals surface area contributed by atoms with Gasteiger partial charge in [0, 0.05) is 30.4 Å². The van der Waals surface area contributed by atoms with Crippen molar-refractivity contribution in [2.75, 3.05) is 18.1 Å². The first kappa shape index (κ1) is 15.5. The lowest BCUT2D eigenvalue weighted by atomic mass is 10.1. The Morgan fingerprint density at radius 1 is 1.35 bits per heavy atom. The molecule has 2 aromatic rings. The van der Waals surface area contributed by atoms with Crippen LogP contribution in [0.25, 0.3) is 5.82 Å². The van der Waals surface area contributed by atoms with Gasteiger partial charge in [-0.3, -0.25) is 9.59 Å². The molecule has 0 aromatic carbocycles. The number of carboxylic acid groups (broad SMARTS) is 1. The molecule has 1 atom stereocenters. The molecule has 23 heavy (non-hydrogen) atoms. The average Bonchev–Trinajstić information content (AvgIpc) is 3.09. The van der Waals surface area contributed by atoms with Gasteiger partial charge in [0.05, 0.1) is 12.5 Å². The monoisotopic (exact) mass is 332 g/mol. The molecule has 0 bridgehead atoms. The number of rotatable bonds is 4. The molecule has 3 rings (SSSR count). The molecular weight excluding hydrogens is 316 g/mol. The highest BCUT2D eigenvalue weighted by Gasteiger charge is 2.30. The Bertz CT molecular complexity index is 705. The van der Waals surface area contributed by atoms with Gasteiger partial charge in [-0.2, -0.15) is 16.9 Å². The van der Waals surface area contributed by atoms with Gasteiger partial charge in [-0.25, -0.2) is 9.67 Å². The summed E-state index contributed by atoms with van der Waals surface area (Å²) in [4.78, 5) is 29.7. The van der Waals surface area contributed by atoms with Gasteiger partial charge in [0.25, 0.3) is 5.91 Å². The van der Waals surface area contributed by atoms with Crippen LogP contribution >= 0.6 is 11.8 Å². The van der Waals surface area contributed by atoms with Gasteiger partial charge in [-0.05, 0) is 18.2 Å². The molecule has 0 spiro atoms. The van der Waals surface area contributed by atoms with Crippen molar-refractivity contribution in [3.05, 3.63) is 42.4 Å². The van der Waals surface area contributed by atoms with Gasteiger partial charge in [0.15, 0.2) is 5.82 Å². The highest BCUT2D eigenvalue weighted by molar-refractivity contribution is 7.99. The van der Waals surface area contributed by atoms with Crippen LogP contribution in [-0.2, 0) is 4.79 Å². The topological polar surface area (TPSA) is 88.3 Å². The quantitative estimate of drug-likeness (QED) is 0.908. The van der Waals surface area contributed by atoms with Crippen LogP contribution in [0, 0.1) is 0 Å². The second kappa shape index (κ2) is 6.82. The molecular formula is C15H16N4O3S. The number of aliphatic carboxylic acids is 1. The highest BCUT2D eigenvalue weighted by Crippen LogP contribution is 2.21. The summed E-state index contributed by atoms with van der Waals surface area (Å²) in [6, 6.07) is 6.65. The van der Waals surface area contributed by atoms with E-state index in [4.69, 9.17) is 5.11 Å². The molecule has 1 amide bonds. The minimum Gasteiger partial charge on any atom is -0.481 e. The Hall–Kier alpha value is -2.35. The molecule has 1 N–H and O–H groups in total. The van der Waals surface area contributed by atoms with E-state index in [0.717, 1.165) is 5.75 Å². The first-order valence-electron chi connectivity index (χ1n) is 7.23. The average molecular weight is 332 g/mol. The minimum absolute atomic E-state index is 0.0441. The number of pyridine rings is 1. The molecule has 0 radical (unpaired) electrons. The zero-order chi connectivity index (χ0) is 16.2. The summed E-state index contributed by atoms with van der Waals surface area (Å²) in [6.07, 6.45) is 3.35. The lowest BCUT2D eigenvalue weighted by molar-refractivity contribution is -0.138. The summed E-state index contributed by atoms with van der Waals surface area (Å²) >= 11 is 1.67. The van der Waals surface area contributed by atoms with E-state index in [1.54, 1.807) is 58.0 Å². The molecule has 0 aliphatic carbocycles. The molecule has 7 nitrogen and oxygen atoms in total. The summed E-state index contributed by atoms with van der Waals surface area (Å²) in [5.74, 6) is 0.874. The van der Waals surface area contributed by atoms with Crippen LogP contribution in [0.3, 0.4) is 0 Å². The Morgan fingerprint density at radius 3 is 2.96 bits per heavy atom. The molecule has 1 aliphatic rings. The van der Waals surface area contributed by atoms with Gasteiger partial charge in [-0.1, -0.05) is 6.07 Å². The van der Waals surface area contributed by atoms with E-state index in [0.29, 0.717) is 23.8 Å². The smallest absolute Gasteiger partial charge is 0.305 e. The lowest BCUT2D eigenvalue weighted by Crippen LogP contribution is -2.47. The summed E-state index contributed by atoms with van der Waals surface area (Å²) in [6.45, 7) is 0.537. The molecule has 1 saturated heterocycles. The van der Waals surface area contributed by atoms with Crippen molar-refractivity contribution < 1.29 is 14.7 Å².